The van der Waals surface area contributed by atoms with Crippen molar-refractivity contribution in [3.05, 3.63) is 29.3 Å². The van der Waals surface area contributed by atoms with Gasteiger partial charge in [-0.05, 0) is 57.8 Å². The molecular weight excluding hydrogens is 467 g/mol. The third-order valence-electron chi connectivity index (χ3n) is 5.52. The Morgan fingerprint density at radius 1 is 1.29 bits per heavy atom. The minimum atomic E-state index is 0. The first-order valence-electron chi connectivity index (χ1n) is 10.1. The topological polar surface area (TPSA) is 58.1 Å². The van der Waals surface area contributed by atoms with Crippen molar-refractivity contribution in [2.75, 3.05) is 40.4 Å². The molecule has 2 N–H and O–H groups in total. The zero-order valence-electron chi connectivity index (χ0n) is 17.4. The Morgan fingerprint density at radius 3 is 2.82 bits per heavy atom. The van der Waals surface area contributed by atoms with Gasteiger partial charge in [0, 0.05) is 38.3 Å². The van der Waals surface area contributed by atoms with Crippen molar-refractivity contribution in [2.24, 2.45) is 4.99 Å². The molecule has 0 aliphatic carbocycles. The van der Waals surface area contributed by atoms with E-state index in [0.717, 1.165) is 43.3 Å². The first-order valence-corrected chi connectivity index (χ1v) is 10.1. The van der Waals surface area contributed by atoms with Crippen LogP contribution in [0, 0.1) is 6.92 Å². The van der Waals surface area contributed by atoms with Crippen molar-refractivity contribution < 1.29 is 9.47 Å². The first kappa shape index (κ1) is 23.2. The average molecular weight is 502 g/mol. The summed E-state index contributed by atoms with van der Waals surface area (Å²) in [7, 11) is 4.01. The number of aryl methyl sites for hydroxylation is 1. The van der Waals surface area contributed by atoms with Crippen molar-refractivity contribution in [1.29, 1.82) is 0 Å². The van der Waals surface area contributed by atoms with Crippen LogP contribution in [-0.4, -0.2) is 63.4 Å². The van der Waals surface area contributed by atoms with Gasteiger partial charge >= 0.3 is 0 Å². The Bertz CT molecular complexity index is 635. The van der Waals surface area contributed by atoms with Crippen LogP contribution in [-0.2, 0) is 11.3 Å². The molecule has 0 aromatic heterocycles. The summed E-state index contributed by atoms with van der Waals surface area (Å²) < 4.78 is 11.8. The maximum atomic E-state index is 6.09. The van der Waals surface area contributed by atoms with Gasteiger partial charge in [0.2, 0.25) is 0 Å². The zero-order valence-corrected chi connectivity index (χ0v) is 19.7. The van der Waals surface area contributed by atoms with E-state index in [9.17, 15) is 0 Å². The van der Waals surface area contributed by atoms with Gasteiger partial charge in [-0.3, -0.25) is 4.99 Å². The molecule has 2 aliphatic rings. The highest BCUT2D eigenvalue weighted by Crippen LogP contribution is 2.22. The molecule has 2 heterocycles. The number of likely N-dealkylation sites (N-methyl/N-ethyl adjacent to an activating group) is 1. The summed E-state index contributed by atoms with van der Waals surface area (Å²) in [4.78, 5) is 6.77. The molecule has 1 aromatic rings. The van der Waals surface area contributed by atoms with Crippen LogP contribution in [0.3, 0.4) is 0 Å². The van der Waals surface area contributed by atoms with Gasteiger partial charge in [0.25, 0.3) is 0 Å². The molecule has 1 aromatic carbocycles. The summed E-state index contributed by atoms with van der Waals surface area (Å²) in [5.41, 5.74) is 2.34. The number of nitrogens with one attached hydrogen (secondary N) is 2. The van der Waals surface area contributed by atoms with E-state index in [0.29, 0.717) is 19.2 Å². The second kappa shape index (κ2) is 11.8. The van der Waals surface area contributed by atoms with Crippen LogP contribution in [0.15, 0.2) is 23.2 Å². The van der Waals surface area contributed by atoms with E-state index >= 15 is 0 Å². The highest BCUT2D eigenvalue weighted by Gasteiger charge is 2.21. The van der Waals surface area contributed by atoms with Crippen molar-refractivity contribution in [3.63, 3.8) is 0 Å². The van der Waals surface area contributed by atoms with Crippen molar-refractivity contribution >= 4 is 29.9 Å². The molecule has 158 valence electrons. The lowest BCUT2D eigenvalue weighted by Crippen LogP contribution is -2.43. The zero-order chi connectivity index (χ0) is 19.1. The molecule has 0 bridgehead atoms. The van der Waals surface area contributed by atoms with Crippen molar-refractivity contribution in [1.82, 2.24) is 15.5 Å². The summed E-state index contributed by atoms with van der Waals surface area (Å²) in [5.74, 6) is 1.77. The van der Waals surface area contributed by atoms with E-state index in [4.69, 9.17) is 9.47 Å². The van der Waals surface area contributed by atoms with Gasteiger partial charge < -0.3 is 25.0 Å². The van der Waals surface area contributed by atoms with Crippen LogP contribution in [0.5, 0.6) is 5.75 Å². The number of hydrogen-bond acceptors (Lipinski definition) is 4. The Balaban J connectivity index is 0.00000280. The van der Waals surface area contributed by atoms with Crippen LogP contribution in [0.25, 0.3) is 0 Å². The summed E-state index contributed by atoms with van der Waals surface area (Å²) in [6, 6.07) is 6.95. The quantitative estimate of drug-likeness (QED) is 0.341. The average Bonchev–Trinajstić information content (AvgIpc) is 3.33. The summed E-state index contributed by atoms with van der Waals surface area (Å²) in [5, 5.41) is 6.88. The van der Waals surface area contributed by atoms with Gasteiger partial charge in [-0.15, -0.1) is 24.0 Å². The number of aliphatic imine (C=N–C) groups is 1. The van der Waals surface area contributed by atoms with Crippen LogP contribution < -0.4 is 15.4 Å². The number of guanidine groups is 1. The number of halogens is 1. The summed E-state index contributed by atoms with van der Waals surface area (Å²) >= 11 is 0. The molecule has 7 heteroatoms. The maximum absolute atomic E-state index is 6.09. The number of rotatable bonds is 7. The molecule has 0 saturated carbocycles. The maximum Gasteiger partial charge on any atom is 0.191 e. The minimum Gasteiger partial charge on any atom is -0.491 e. The summed E-state index contributed by atoms with van der Waals surface area (Å²) in [6.07, 6.45) is 4.98. The fourth-order valence-corrected chi connectivity index (χ4v) is 3.75. The van der Waals surface area contributed by atoms with Gasteiger partial charge in [-0.25, -0.2) is 0 Å². The molecule has 6 nitrogen and oxygen atoms in total. The fraction of sp³-hybridized carbons (Fsp3) is 0.667. The van der Waals surface area contributed by atoms with Gasteiger partial charge in [-0.1, -0.05) is 12.1 Å². The first-order chi connectivity index (χ1) is 13.2. The molecule has 3 rings (SSSR count). The Morgan fingerprint density at radius 2 is 2.14 bits per heavy atom. The van der Waals surface area contributed by atoms with Gasteiger partial charge in [0.15, 0.2) is 5.96 Å². The molecule has 2 saturated heterocycles. The molecule has 2 fully saturated rings. The smallest absolute Gasteiger partial charge is 0.191 e. The Hall–Kier alpha value is -1.06. The van der Waals surface area contributed by atoms with Crippen LogP contribution in [0.1, 0.15) is 36.8 Å². The highest BCUT2D eigenvalue weighted by atomic mass is 127. The second-order valence-corrected chi connectivity index (χ2v) is 7.64. The van der Waals surface area contributed by atoms with E-state index in [-0.39, 0.29) is 30.1 Å². The predicted octanol–water partition coefficient (Wildman–Crippen LogP) is 2.93. The number of ether oxygens (including phenoxy) is 2. The predicted molar refractivity (Wildman–Crippen MR) is 125 cm³/mol. The van der Waals surface area contributed by atoms with E-state index < -0.39 is 0 Å². The number of nitrogens with zero attached hydrogens (tertiary/aromatic N) is 2. The number of benzene rings is 1. The lowest BCUT2D eigenvalue weighted by Gasteiger charge is -2.21. The third kappa shape index (κ3) is 6.77. The largest absolute Gasteiger partial charge is 0.491 e. The van der Waals surface area contributed by atoms with E-state index in [2.05, 4.69) is 52.7 Å². The molecule has 2 atom stereocenters. The van der Waals surface area contributed by atoms with E-state index in [1.165, 1.54) is 24.9 Å². The summed E-state index contributed by atoms with van der Waals surface area (Å²) in [6.45, 7) is 6.36. The molecule has 0 spiro atoms. The van der Waals surface area contributed by atoms with Crippen LogP contribution >= 0.6 is 24.0 Å². The highest BCUT2D eigenvalue weighted by molar-refractivity contribution is 14.0. The lowest BCUT2D eigenvalue weighted by atomic mass is 10.1. The van der Waals surface area contributed by atoms with Gasteiger partial charge in [0.1, 0.15) is 12.4 Å². The Labute approximate surface area is 186 Å². The SMILES string of the molecule is CN=C(NCc1ccc(C)cc1OCC1CCCO1)NCC1CCCN1C.I. The molecule has 0 radical (unpaired) electrons. The van der Waals surface area contributed by atoms with Crippen molar-refractivity contribution in [2.45, 2.75) is 51.3 Å². The standard InChI is InChI=1S/C21H34N4O2.HI/c1-16-8-9-17(20(12-16)27-15-19-7-5-11-26-19)13-23-21(22-2)24-14-18-6-4-10-25(18)3;/h8-9,12,18-19H,4-7,10-11,13-15H2,1-3H3,(H2,22,23,24);1H. The van der Waals surface area contributed by atoms with Crippen molar-refractivity contribution in [3.8, 4) is 5.75 Å². The number of hydrogen-bond donors (Lipinski definition) is 2. The molecule has 28 heavy (non-hydrogen) atoms. The number of likely N-dealkylation sites (tertiary alicyclic amines) is 1. The molecule has 0 amide bonds. The van der Waals surface area contributed by atoms with E-state index in [1.807, 2.05) is 7.05 Å². The Kier molecular flexibility index (Phi) is 9.81. The lowest BCUT2D eigenvalue weighted by molar-refractivity contribution is 0.0676. The van der Waals surface area contributed by atoms with Gasteiger partial charge in [-0.2, -0.15) is 0 Å². The third-order valence-corrected chi connectivity index (χ3v) is 5.52. The normalized spacial score (nSPS) is 22.8. The van der Waals surface area contributed by atoms with E-state index in [1.54, 1.807) is 0 Å². The van der Waals surface area contributed by atoms with Crippen LogP contribution in [0.2, 0.25) is 0 Å². The monoisotopic (exact) mass is 502 g/mol. The van der Waals surface area contributed by atoms with Crippen LogP contribution in [0.4, 0.5) is 0 Å². The molecular formula is C21H35IN4O2. The van der Waals surface area contributed by atoms with Gasteiger partial charge in [0.05, 0.1) is 6.10 Å². The fourth-order valence-electron chi connectivity index (χ4n) is 3.75. The molecule has 2 aliphatic heterocycles. The molecule has 2 unspecified atom stereocenters. The second-order valence-electron chi connectivity index (χ2n) is 7.64. The minimum absolute atomic E-state index is 0.